The Morgan fingerprint density at radius 1 is 1.26 bits per heavy atom. The van der Waals surface area contributed by atoms with E-state index in [-0.39, 0.29) is 0 Å². The average molecular weight is 260 g/mol. The molecular weight excluding hydrogens is 232 g/mol. The van der Waals surface area contributed by atoms with Crippen LogP contribution in [-0.2, 0) is 6.42 Å². The molecule has 1 aromatic carbocycles. The van der Waals surface area contributed by atoms with Gasteiger partial charge in [-0.1, -0.05) is 38.1 Å². The van der Waals surface area contributed by atoms with Crippen molar-refractivity contribution in [2.75, 3.05) is 13.1 Å². The van der Waals surface area contributed by atoms with Gasteiger partial charge in [-0.2, -0.15) is 0 Å². The van der Waals surface area contributed by atoms with Crippen molar-refractivity contribution >= 4 is 0 Å². The molecule has 0 unspecified atom stereocenters. The zero-order valence-electron chi connectivity index (χ0n) is 12.6. The third kappa shape index (κ3) is 4.05. The number of piperidine rings is 1. The van der Waals surface area contributed by atoms with Gasteiger partial charge >= 0.3 is 0 Å². The van der Waals surface area contributed by atoms with Crippen molar-refractivity contribution in [3.05, 3.63) is 35.4 Å². The van der Waals surface area contributed by atoms with Gasteiger partial charge in [0.15, 0.2) is 0 Å². The van der Waals surface area contributed by atoms with Crippen LogP contribution < -0.4 is 5.73 Å². The van der Waals surface area contributed by atoms with Crippen LogP contribution in [0.2, 0.25) is 0 Å². The Kier molecular flexibility index (Phi) is 5.00. The molecule has 0 aliphatic carbocycles. The molecule has 1 fully saturated rings. The van der Waals surface area contributed by atoms with Crippen LogP contribution in [0.15, 0.2) is 24.3 Å². The van der Waals surface area contributed by atoms with E-state index in [9.17, 15) is 0 Å². The van der Waals surface area contributed by atoms with Gasteiger partial charge in [0.25, 0.3) is 0 Å². The normalized spacial score (nSPS) is 24.9. The molecule has 1 heterocycles. The first-order chi connectivity index (χ1) is 9.06. The number of likely N-dealkylation sites (tertiary alicyclic amines) is 1. The van der Waals surface area contributed by atoms with Crippen molar-refractivity contribution < 1.29 is 0 Å². The van der Waals surface area contributed by atoms with E-state index < -0.39 is 0 Å². The predicted octanol–water partition coefficient (Wildman–Crippen LogP) is 3.16. The van der Waals surface area contributed by atoms with Gasteiger partial charge < -0.3 is 10.6 Å². The highest BCUT2D eigenvalue weighted by Gasteiger charge is 2.22. The molecule has 1 aliphatic rings. The molecule has 1 aliphatic heterocycles. The maximum absolute atomic E-state index is 6.01. The first-order valence-electron chi connectivity index (χ1n) is 7.64. The number of benzene rings is 1. The van der Waals surface area contributed by atoms with E-state index in [1.54, 1.807) is 0 Å². The molecule has 19 heavy (non-hydrogen) atoms. The molecule has 0 spiro atoms. The molecule has 2 nitrogen and oxygen atoms in total. The number of rotatable bonds is 4. The Bertz CT molecular complexity index is 383. The largest absolute Gasteiger partial charge is 0.328 e. The van der Waals surface area contributed by atoms with E-state index in [4.69, 9.17) is 5.73 Å². The second-order valence-electron chi connectivity index (χ2n) is 6.32. The minimum atomic E-state index is 0.413. The van der Waals surface area contributed by atoms with Gasteiger partial charge in [0.05, 0.1) is 0 Å². The average Bonchev–Trinajstić information content (AvgIpc) is 2.38. The topological polar surface area (TPSA) is 29.3 Å². The van der Waals surface area contributed by atoms with E-state index in [2.05, 4.69) is 49.9 Å². The van der Waals surface area contributed by atoms with Crippen molar-refractivity contribution in [2.24, 2.45) is 5.73 Å². The smallest absolute Gasteiger partial charge is 0.00818 e. The van der Waals surface area contributed by atoms with Crippen LogP contribution in [0.25, 0.3) is 0 Å². The van der Waals surface area contributed by atoms with E-state index in [1.165, 1.54) is 11.1 Å². The van der Waals surface area contributed by atoms with Crippen molar-refractivity contribution in [1.29, 1.82) is 0 Å². The van der Waals surface area contributed by atoms with Crippen LogP contribution in [-0.4, -0.2) is 30.1 Å². The second kappa shape index (κ2) is 6.53. The van der Waals surface area contributed by atoms with Crippen LogP contribution >= 0.6 is 0 Å². The highest BCUT2D eigenvalue weighted by molar-refractivity contribution is 5.24. The minimum absolute atomic E-state index is 0.413. The van der Waals surface area contributed by atoms with E-state index in [1.807, 2.05) is 0 Å². The van der Waals surface area contributed by atoms with Crippen molar-refractivity contribution in [3.8, 4) is 0 Å². The van der Waals surface area contributed by atoms with Crippen molar-refractivity contribution in [3.63, 3.8) is 0 Å². The van der Waals surface area contributed by atoms with Crippen molar-refractivity contribution in [2.45, 2.75) is 58.0 Å². The van der Waals surface area contributed by atoms with Gasteiger partial charge in [-0.15, -0.1) is 0 Å². The first kappa shape index (κ1) is 14.5. The van der Waals surface area contributed by atoms with Crippen LogP contribution in [0, 0.1) is 0 Å². The summed E-state index contributed by atoms with van der Waals surface area (Å²) in [6, 6.07) is 10.2. The molecule has 2 atom stereocenters. The first-order valence-corrected chi connectivity index (χ1v) is 7.64. The second-order valence-corrected chi connectivity index (χ2v) is 6.32. The summed E-state index contributed by atoms with van der Waals surface area (Å²) in [7, 11) is 0. The predicted molar refractivity (Wildman–Crippen MR) is 82.5 cm³/mol. The van der Waals surface area contributed by atoms with Gasteiger partial charge in [-0.3, -0.25) is 0 Å². The molecule has 0 bridgehead atoms. The fourth-order valence-corrected chi connectivity index (χ4v) is 2.93. The third-order valence-electron chi connectivity index (χ3n) is 4.39. The standard InChI is InChI=1S/C17H28N2/c1-13(2)16-6-4-15(5-7-16)8-10-19-11-9-17(18)12-14(19)3/h4-7,13-14,17H,8-12,18H2,1-3H3/t14-,17-/m0/s1. The van der Waals surface area contributed by atoms with Gasteiger partial charge in [0.1, 0.15) is 0 Å². The number of nitrogens with two attached hydrogens (primary N) is 1. The maximum atomic E-state index is 6.01. The van der Waals surface area contributed by atoms with Gasteiger partial charge in [0, 0.05) is 18.6 Å². The molecule has 2 N–H and O–H groups in total. The molecular formula is C17H28N2. The zero-order valence-corrected chi connectivity index (χ0v) is 12.6. The number of nitrogens with zero attached hydrogens (tertiary/aromatic N) is 1. The lowest BCUT2D eigenvalue weighted by molar-refractivity contribution is 0.149. The summed E-state index contributed by atoms with van der Waals surface area (Å²) in [5.74, 6) is 0.623. The molecule has 2 heteroatoms. The molecule has 1 saturated heterocycles. The van der Waals surface area contributed by atoms with Crippen LogP contribution in [0.4, 0.5) is 0 Å². The summed E-state index contributed by atoms with van der Waals surface area (Å²) < 4.78 is 0. The lowest BCUT2D eigenvalue weighted by atomic mass is 9.98. The Balaban J connectivity index is 1.85. The van der Waals surface area contributed by atoms with Crippen LogP contribution in [0.5, 0.6) is 0 Å². The lowest BCUT2D eigenvalue weighted by Gasteiger charge is -2.36. The minimum Gasteiger partial charge on any atom is -0.328 e. The Hall–Kier alpha value is -0.860. The highest BCUT2D eigenvalue weighted by Crippen LogP contribution is 2.18. The van der Waals surface area contributed by atoms with Gasteiger partial charge in [-0.25, -0.2) is 0 Å². The van der Waals surface area contributed by atoms with Gasteiger partial charge in [0.2, 0.25) is 0 Å². The van der Waals surface area contributed by atoms with Gasteiger partial charge in [-0.05, 0) is 49.8 Å². The molecule has 1 aromatic rings. The monoisotopic (exact) mass is 260 g/mol. The molecule has 0 aromatic heterocycles. The van der Waals surface area contributed by atoms with E-state index >= 15 is 0 Å². The molecule has 0 saturated carbocycles. The Morgan fingerprint density at radius 2 is 1.95 bits per heavy atom. The van der Waals surface area contributed by atoms with E-state index in [0.717, 1.165) is 32.4 Å². The van der Waals surface area contributed by atoms with E-state index in [0.29, 0.717) is 18.0 Å². The summed E-state index contributed by atoms with van der Waals surface area (Å²) >= 11 is 0. The summed E-state index contributed by atoms with van der Waals surface area (Å²) in [5, 5.41) is 0. The quantitative estimate of drug-likeness (QED) is 0.901. The van der Waals surface area contributed by atoms with Crippen LogP contribution in [0.1, 0.15) is 50.7 Å². The summed E-state index contributed by atoms with van der Waals surface area (Å²) in [5.41, 5.74) is 8.89. The fourth-order valence-electron chi connectivity index (χ4n) is 2.93. The van der Waals surface area contributed by atoms with Crippen LogP contribution in [0.3, 0.4) is 0 Å². The number of hydrogen-bond donors (Lipinski definition) is 1. The summed E-state index contributed by atoms with van der Waals surface area (Å²) in [4.78, 5) is 2.58. The fraction of sp³-hybridized carbons (Fsp3) is 0.647. The maximum Gasteiger partial charge on any atom is 0.00818 e. The Morgan fingerprint density at radius 3 is 2.53 bits per heavy atom. The SMILES string of the molecule is CC(C)c1ccc(CCN2CC[C@H](N)C[C@@H]2C)cc1. The third-order valence-corrected chi connectivity index (χ3v) is 4.39. The molecule has 2 rings (SSSR count). The lowest BCUT2D eigenvalue weighted by Crippen LogP contribution is -2.46. The van der Waals surface area contributed by atoms with Crippen molar-refractivity contribution in [1.82, 2.24) is 4.90 Å². The highest BCUT2D eigenvalue weighted by atomic mass is 15.2. The molecule has 106 valence electrons. The molecule has 0 amide bonds. The zero-order chi connectivity index (χ0) is 13.8. The molecule has 0 radical (unpaired) electrons. The summed E-state index contributed by atoms with van der Waals surface area (Å²) in [6.45, 7) is 9.11. The summed E-state index contributed by atoms with van der Waals surface area (Å²) in [6.07, 6.45) is 3.45. The Labute approximate surface area is 118 Å². The number of hydrogen-bond acceptors (Lipinski definition) is 2.